The average molecular weight is 421 g/mol. The molecule has 6 atom stereocenters. The summed E-state index contributed by atoms with van der Waals surface area (Å²) in [5, 5.41) is 44.7. The fraction of sp³-hybridized carbons (Fsp3) is 1.00. The number of aliphatic hydroxyl groups excluding tert-OH is 5. The van der Waals surface area contributed by atoms with Crippen LogP contribution in [-0.4, -0.2) is 70.5 Å². The zero-order valence-electron chi connectivity index (χ0n) is 18.5. The topological polar surface area (TPSA) is 110 Å². The van der Waals surface area contributed by atoms with E-state index >= 15 is 0 Å². The van der Waals surface area contributed by atoms with E-state index in [-0.39, 0.29) is 35.6 Å². The molecule has 0 bridgehead atoms. The quantitative estimate of drug-likeness (QED) is 0.439. The summed E-state index contributed by atoms with van der Waals surface area (Å²) in [4.78, 5) is 0. The lowest BCUT2D eigenvalue weighted by molar-refractivity contribution is 0.136. The van der Waals surface area contributed by atoms with Gasteiger partial charge in [-0.05, 0) is 75.9 Å². The molecule has 6 nitrogen and oxygen atoms in total. The van der Waals surface area contributed by atoms with Crippen molar-refractivity contribution in [3.05, 3.63) is 0 Å². The van der Waals surface area contributed by atoms with Crippen molar-refractivity contribution in [3.63, 3.8) is 0 Å². The van der Waals surface area contributed by atoms with Crippen molar-refractivity contribution in [1.29, 1.82) is 0 Å². The van der Waals surface area contributed by atoms with E-state index in [1.54, 1.807) is 0 Å². The molecule has 0 heterocycles. The van der Waals surface area contributed by atoms with E-state index in [2.05, 4.69) is 33.9 Å². The predicted molar refractivity (Wildman–Crippen MR) is 114 cm³/mol. The maximum atomic E-state index is 9.43. The van der Waals surface area contributed by atoms with Crippen molar-refractivity contribution in [2.75, 3.05) is 0 Å². The summed E-state index contributed by atoms with van der Waals surface area (Å²) in [6.45, 7) is 11.3. The first-order chi connectivity index (χ1) is 12.8. The standard InChI is InChI=1S/C11H24O2Si.2C5H10O2/c1-11(2,3)14(4,5)13-10-7-6-9(12)8-10;2*6-4-1-2-5(7)3-4/h9-10,12H,6-8H2,1-5H3;2*4-7H,1-3H2/t9-,10-;4-,5+;4-,5-/m0.0/s1. The van der Waals surface area contributed by atoms with Gasteiger partial charge in [0.25, 0.3) is 0 Å². The Morgan fingerprint density at radius 3 is 1.14 bits per heavy atom. The van der Waals surface area contributed by atoms with Crippen LogP contribution in [0.4, 0.5) is 0 Å². The zero-order valence-corrected chi connectivity index (χ0v) is 19.5. The molecule has 0 unspecified atom stereocenters. The molecule has 28 heavy (non-hydrogen) atoms. The molecule has 0 radical (unpaired) electrons. The highest BCUT2D eigenvalue weighted by molar-refractivity contribution is 6.74. The zero-order chi connectivity index (χ0) is 21.5. The SMILES string of the molecule is CC(C)(C)[Si](C)(C)O[C@H]1CC[C@H](O)C1.O[C@@H]1CC[C@H](O)C1.O[C@H]1CC[C@H](O)C1. The normalized spacial score (nSPS) is 35.8. The van der Waals surface area contributed by atoms with E-state index in [1.165, 1.54) is 0 Å². The van der Waals surface area contributed by atoms with Crippen LogP contribution in [0.25, 0.3) is 0 Å². The molecule has 0 aromatic heterocycles. The van der Waals surface area contributed by atoms with Crippen molar-refractivity contribution in [2.24, 2.45) is 0 Å². The molecule has 3 saturated carbocycles. The Morgan fingerprint density at radius 1 is 0.607 bits per heavy atom. The van der Waals surface area contributed by atoms with Gasteiger partial charge < -0.3 is 30.0 Å². The minimum absolute atomic E-state index is 0.121. The van der Waals surface area contributed by atoms with Crippen LogP contribution in [0.15, 0.2) is 0 Å². The van der Waals surface area contributed by atoms with Gasteiger partial charge in [0.1, 0.15) is 0 Å². The van der Waals surface area contributed by atoms with Crippen LogP contribution in [0.5, 0.6) is 0 Å². The summed E-state index contributed by atoms with van der Waals surface area (Å²) in [5.74, 6) is 0. The minimum Gasteiger partial charge on any atom is -0.414 e. The lowest BCUT2D eigenvalue weighted by Gasteiger charge is -2.38. The van der Waals surface area contributed by atoms with Crippen molar-refractivity contribution in [2.45, 2.75) is 133 Å². The maximum absolute atomic E-state index is 9.43. The molecule has 7 heteroatoms. The second-order valence-electron chi connectivity index (χ2n) is 10.2. The monoisotopic (exact) mass is 420 g/mol. The second-order valence-corrected chi connectivity index (χ2v) is 15.0. The van der Waals surface area contributed by atoms with Crippen LogP contribution in [0, 0.1) is 0 Å². The third-order valence-electron chi connectivity index (χ3n) is 6.38. The Balaban J connectivity index is 0.000000233. The van der Waals surface area contributed by atoms with Gasteiger partial charge in [0.2, 0.25) is 0 Å². The summed E-state index contributed by atoms with van der Waals surface area (Å²) in [5.41, 5.74) is 0. The molecule has 3 aliphatic carbocycles. The first-order valence-electron chi connectivity index (χ1n) is 10.9. The fourth-order valence-electron chi connectivity index (χ4n) is 3.49. The summed E-state index contributed by atoms with van der Waals surface area (Å²) >= 11 is 0. The van der Waals surface area contributed by atoms with Gasteiger partial charge in [-0.15, -0.1) is 0 Å². The number of aliphatic hydroxyl groups is 5. The molecule has 0 aromatic rings. The summed E-state index contributed by atoms with van der Waals surface area (Å²) in [6.07, 6.45) is 6.36. The molecule has 0 aliphatic heterocycles. The molecule has 3 fully saturated rings. The van der Waals surface area contributed by atoms with Gasteiger partial charge in [0.05, 0.1) is 30.5 Å². The van der Waals surface area contributed by atoms with Crippen molar-refractivity contribution < 1.29 is 30.0 Å². The van der Waals surface area contributed by atoms with Crippen molar-refractivity contribution in [3.8, 4) is 0 Å². The molecule has 5 N–H and O–H groups in total. The molecule has 168 valence electrons. The first kappa shape index (κ1) is 26.0. The first-order valence-corrected chi connectivity index (χ1v) is 13.8. The van der Waals surface area contributed by atoms with Crippen LogP contribution in [0.1, 0.15) is 78.6 Å². The van der Waals surface area contributed by atoms with E-state index in [9.17, 15) is 5.11 Å². The van der Waals surface area contributed by atoms with Gasteiger partial charge in [0.15, 0.2) is 8.32 Å². The lowest BCUT2D eigenvalue weighted by Crippen LogP contribution is -2.43. The van der Waals surface area contributed by atoms with Gasteiger partial charge in [-0.3, -0.25) is 0 Å². The summed E-state index contributed by atoms with van der Waals surface area (Å²) in [6, 6.07) is 0. The molecular weight excluding hydrogens is 376 g/mol. The Kier molecular flexibility index (Phi) is 10.6. The third kappa shape index (κ3) is 9.65. The van der Waals surface area contributed by atoms with E-state index in [1.807, 2.05) is 0 Å². The molecule has 0 amide bonds. The number of hydrogen-bond donors (Lipinski definition) is 5. The predicted octanol–water partition coefficient (Wildman–Crippen LogP) is 2.71. The van der Waals surface area contributed by atoms with E-state index in [0.29, 0.717) is 18.9 Å². The van der Waals surface area contributed by atoms with Gasteiger partial charge in [-0.1, -0.05) is 20.8 Å². The summed E-state index contributed by atoms with van der Waals surface area (Å²) < 4.78 is 6.21. The fourth-order valence-corrected chi connectivity index (χ4v) is 4.89. The largest absolute Gasteiger partial charge is 0.414 e. The van der Waals surface area contributed by atoms with Gasteiger partial charge in [-0.2, -0.15) is 0 Å². The highest BCUT2D eigenvalue weighted by Crippen LogP contribution is 2.39. The smallest absolute Gasteiger partial charge is 0.192 e. The highest BCUT2D eigenvalue weighted by Gasteiger charge is 2.40. The van der Waals surface area contributed by atoms with Crippen LogP contribution in [0.2, 0.25) is 18.1 Å². The second kappa shape index (κ2) is 11.4. The van der Waals surface area contributed by atoms with E-state index in [0.717, 1.165) is 44.9 Å². The van der Waals surface area contributed by atoms with E-state index in [4.69, 9.17) is 24.9 Å². The van der Waals surface area contributed by atoms with Crippen molar-refractivity contribution >= 4 is 8.32 Å². The Labute approximate surface area is 172 Å². The van der Waals surface area contributed by atoms with Gasteiger partial charge >= 0.3 is 0 Å². The number of hydrogen-bond acceptors (Lipinski definition) is 6. The highest BCUT2D eigenvalue weighted by atomic mass is 28.4. The average Bonchev–Trinajstić information content (AvgIpc) is 3.23. The number of rotatable bonds is 2. The molecule has 3 aliphatic rings. The van der Waals surface area contributed by atoms with Crippen molar-refractivity contribution in [1.82, 2.24) is 0 Å². The van der Waals surface area contributed by atoms with E-state index < -0.39 is 8.32 Å². The van der Waals surface area contributed by atoms with Crippen LogP contribution in [0.3, 0.4) is 0 Å². The minimum atomic E-state index is -1.61. The molecule has 0 spiro atoms. The van der Waals surface area contributed by atoms with Crippen LogP contribution >= 0.6 is 0 Å². The molecule has 0 aromatic carbocycles. The Bertz CT molecular complexity index is 405. The van der Waals surface area contributed by atoms with Gasteiger partial charge in [-0.25, -0.2) is 0 Å². The lowest BCUT2D eigenvalue weighted by atomic mass is 10.2. The summed E-state index contributed by atoms with van der Waals surface area (Å²) in [7, 11) is -1.61. The maximum Gasteiger partial charge on any atom is 0.192 e. The van der Waals surface area contributed by atoms with Crippen LogP contribution in [-0.2, 0) is 4.43 Å². The molecule has 3 rings (SSSR count). The molecule has 0 saturated heterocycles. The Hall–Kier alpha value is -0.0231. The van der Waals surface area contributed by atoms with Crippen LogP contribution < -0.4 is 0 Å². The third-order valence-corrected chi connectivity index (χ3v) is 10.9. The Morgan fingerprint density at radius 2 is 0.929 bits per heavy atom. The van der Waals surface area contributed by atoms with Gasteiger partial charge in [0, 0.05) is 6.10 Å². The molecular formula is C21H44O6Si.